The number of hydrogen-bond donors (Lipinski definition) is 3. The number of rotatable bonds is 2. The Kier molecular flexibility index (Phi) is 1.68. The van der Waals surface area contributed by atoms with Crippen LogP contribution in [0.4, 0.5) is 0 Å². The molecule has 0 aromatic carbocycles. The molecule has 0 saturated carbocycles. The molecular weight excluding hydrogens is 154 g/mol. The van der Waals surface area contributed by atoms with E-state index in [9.17, 15) is 0 Å². The summed E-state index contributed by atoms with van der Waals surface area (Å²) >= 11 is 0. The number of nitrogens with zero attached hydrogens (tertiary/aromatic N) is 1. The average Bonchev–Trinajstić information content (AvgIpc) is 2.75. The molecule has 4 heteroatoms. The second kappa shape index (κ2) is 2.83. The minimum Gasteiger partial charge on any atom is -0.390 e. The molecule has 2 aromatic rings. The van der Waals surface area contributed by atoms with Gasteiger partial charge in [-0.1, -0.05) is 0 Å². The highest BCUT2D eigenvalue weighted by Gasteiger charge is 2.01. The molecule has 3 N–H and O–H groups in total. The van der Waals surface area contributed by atoms with Crippen LogP contribution in [0, 0.1) is 0 Å². The lowest BCUT2D eigenvalue weighted by molar-refractivity contribution is 0.277. The predicted octanol–water partition coefficient (Wildman–Crippen LogP) is 0.897. The number of aliphatic hydroxyl groups is 1. The summed E-state index contributed by atoms with van der Waals surface area (Å²) in [6, 6.07) is 1.92. The van der Waals surface area contributed by atoms with Gasteiger partial charge in [0, 0.05) is 18.0 Å². The summed E-state index contributed by atoms with van der Waals surface area (Å²) in [6.45, 7) is -0.00256. The molecule has 0 aliphatic carbocycles. The van der Waals surface area contributed by atoms with Crippen LogP contribution in [0.1, 0.15) is 5.69 Å². The number of hydrogen-bond acceptors (Lipinski definition) is 2. The molecule has 12 heavy (non-hydrogen) atoms. The highest BCUT2D eigenvalue weighted by atomic mass is 16.3. The zero-order chi connectivity index (χ0) is 8.39. The van der Waals surface area contributed by atoms with Gasteiger partial charge in [0.1, 0.15) is 5.82 Å². The first-order valence-corrected chi connectivity index (χ1v) is 3.68. The van der Waals surface area contributed by atoms with Crippen molar-refractivity contribution in [3.05, 3.63) is 30.4 Å². The number of imidazole rings is 1. The van der Waals surface area contributed by atoms with E-state index in [1.165, 1.54) is 0 Å². The van der Waals surface area contributed by atoms with Crippen LogP contribution in [0.2, 0.25) is 0 Å². The molecule has 0 saturated heterocycles. The van der Waals surface area contributed by atoms with E-state index >= 15 is 0 Å². The minimum absolute atomic E-state index is 0.00256. The van der Waals surface area contributed by atoms with Crippen molar-refractivity contribution in [2.75, 3.05) is 0 Å². The zero-order valence-electron chi connectivity index (χ0n) is 6.41. The third kappa shape index (κ3) is 1.12. The Labute approximate surface area is 69.3 Å². The van der Waals surface area contributed by atoms with Crippen LogP contribution in [0.5, 0.6) is 0 Å². The van der Waals surface area contributed by atoms with Gasteiger partial charge in [0.25, 0.3) is 0 Å². The van der Waals surface area contributed by atoms with E-state index in [-0.39, 0.29) is 6.61 Å². The van der Waals surface area contributed by atoms with Gasteiger partial charge in [-0.2, -0.15) is 0 Å². The molecule has 2 heterocycles. The van der Waals surface area contributed by atoms with Crippen molar-refractivity contribution in [1.82, 2.24) is 15.0 Å². The van der Waals surface area contributed by atoms with Gasteiger partial charge in [-0.3, -0.25) is 0 Å². The van der Waals surface area contributed by atoms with Crippen LogP contribution in [-0.4, -0.2) is 20.1 Å². The molecule has 0 aliphatic rings. The van der Waals surface area contributed by atoms with Crippen molar-refractivity contribution in [1.29, 1.82) is 0 Å². The van der Waals surface area contributed by atoms with Gasteiger partial charge in [-0.25, -0.2) is 4.98 Å². The van der Waals surface area contributed by atoms with Gasteiger partial charge in [0.15, 0.2) is 0 Å². The summed E-state index contributed by atoms with van der Waals surface area (Å²) < 4.78 is 0. The molecule has 0 fully saturated rings. The smallest absolute Gasteiger partial charge is 0.139 e. The van der Waals surface area contributed by atoms with E-state index in [0.717, 1.165) is 17.1 Å². The Morgan fingerprint density at radius 1 is 1.50 bits per heavy atom. The third-order valence-corrected chi connectivity index (χ3v) is 1.67. The Balaban J connectivity index is 2.35. The van der Waals surface area contributed by atoms with Gasteiger partial charge >= 0.3 is 0 Å². The number of nitrogens with one attached hydrogen (secondary N) is 2. The molecule has 4 nitrogen and oxygen atoms in total. The Bertz CT molecular complexity index is 350. The van der Waals surface area contributed by atoms with Crippen molar-refractivity contribution in [2.45, 2.75) is 6.61 Å². The number of aromatic nitrogens is 3. The van der Waals surface area contributed by atoms with Gasteiger partial charge in [-0.15, -0.1) is 0 Å². The number of aromatic amines is 2. The molecule has 2 rings (SSSR count). The summed E-state index contributed by atoms with van der Waals surface area (Å²) in [6.07, 6.45) is 5.30. The topological polar surface area (TPSA) is 64.7 Å². The lowest BCUT2D eigenvalue weighted by atomic mass is 10.3. The van der Waals surface area contributed by atoms with Crippen molar-refractivity contribution in [3.63, 3.8) is 0 Å². The molecular formula is C8H9N3O. The second-order valence-corrected chi connectivity index (χ2v) is 2.51. The van der Waals surface area contributed by atoms with Gasteiger partial charge in [0.2, 0.25) is 0 Å². The van der Waals surface area contributed by atoms with Crippen LogP contribution in [0.15, 0.2) is 24.7 Å². The standard InChI is InChI=1S/C8H9N3O/c12-5-7-4-10-8(11-7)6-1-2-9-3-6/h1-4,9,12H,5H2,(H,10,11). The summed E-state index contributed by atoms with van der Waals surface area (Å²) in [5.41, 5.74) is 1.72. The minimum atomic E-state index is -0.00256. The predicted molar refractivity (Wildman–Crippen MR) is 44.3 cm³/mol. The lowest BCUT2D eigenvalue weighted by Crippen LogP contribution is -1.81. The maximum absolute atomic E-state index is 8.77. The van der Waals surface area contributed by atoms with E-state index in [1.54, 1.807) is 6.20 Å². The Morgan fingerprint density at radius 3 is 3.00 bits per heavy atom. The Morgan fingerprint density at radius 2 is 2.42 bits per heavy atom. The summed E-state index contributed by atoms with van der Waals surface area (Å²) in [7, 11) is 0. The van der Waals surface area contributed by atoms with Gasteiger partial charge in [0.05, 0.1) is 18.5 Å². The second-order valence-electron chi connectivity index (χ2n) is 2.51. The highest BCUT2D eigenvalue weighted by molar-refractivity contribution is 5.53. The van der Waals surface area contributed by atoms with Gasteiger partial charge < -0.3 is 15.1 Å². The molecule has 0 bridgehead atoms. The monoisotopic (exact) mass is 163 g/mol. The fourth-order valence-corrected chi connectivity index (χ4v) is 1.06. The third-order valence-electron chi connectivity index (χ3n) is 1.67. The van der Waals surface area contributed by atoms with Crippen LogP contribution >= 0.6 is 0 Å². The van der Waals surface area contributed by atoms with Crippen LogP contribution in [0.25, 0.3) is 11.4 Å². The van der Waals surface area contributed by atoms with Crippen molar-refractivity contribution in [2.24, 2.45) is 0 Å². The van der Waals surface area contributed by atoms with Crippen LogP contribution in [0.3, 0.4) is 0 Å². The fraction of sp³-hybridized carbons (Fsp3) is 0.125. The van der Waals surface area contributed by atoms with Crippen molar-refractivity contribution in [3.8, 4) is 11.4 Å². The van der Waals surface area contributed by atoms with E-state index in [4.69, 9.17) is 5.11 Å². The van der Waals surface area contributed by atoms with Crippen molar-refractivity contribution < 1.29 is 5.11 Å². The molecule has 2 aromatic heterocycles. The van der Waals surface area contributed by atoms with E-state index in [2.05, 4.69) is 15.0 Å². The lowest BCUT2D eigenvalue weighted by Gasteiger charge is -1.88. The first-order chi connectivity index (χ1) is 5.90. The van der Waals surface area contributed by atoms with Gasteiger partial charge in [-0.05, 0) is 6.07 Å². The van der Waals surface area contributed by atoms with E-state index in [0.29, 0.717) is 0 Å². The maximum Gasteiger partial charge on any atom is 0.139 e. The summed E-state index contributed by atoms with van der Waals surface area (Å²) in [5.74, 6) is 0.778. The number of aliphatic hydroxyl groups excluding tert-OH is 1. The summed E-state index contributed by atoms with van der Waals surface area (Å²) in [4.78, 5) is 10.0. The molecule has 62 valence electrons. The normalized spacial score (nSPS) is 10.4. The molecule has 0 spiro atoms. The van der Waals surface area contributed by atoms with Crippen LogP contribution < -0.4 is 0 Å². The first-order valence-electron chi connectivity index (χ1n) is 3.68. The quantitative estimate of drug-likeness (QED) is 0.615. The first kappa shape index (κ1) is 7.12. The molecule has 0 amide bonds. The van der Waals surface area contributed by atoms with Crippen molar-refractivity contribution >= 4 is 0 Å². The molecule has 0 atom stereocenters. The van der Waals surface area contributed by atoms with E-state index in [1.807, 2.05) is 18.5 Å². The fourth-order valence-electron chi connectivity index (χ4n) is 1.06. The maximum atomic E-state index is 8.77. The molecule has 0 radical (unpaired) electrons. The SMILES string of the molecule is OCc1cnc(-c2cc[nH]c2)[nH]1. The highest BCUT2D eigenvalue weighted by Crippen LogP contribution is 2.13. The zero-order valence-corrected chi connectivity index (χ0v) is 6.41. The van der Waals surface area contributed by atoms with Crippen LogP contribution in [-0.2, 0) is 6.61 Å². The average molecular weight is 163 g/mol. The summed E-state index contributed by atoms with van der Waals surface area (Å²) in [5, 5.41) is 8.77. The molecule has 0 aliphatic heterocycles. The Hall–Kier alpha value is -1.55. The van der Waals surface area contributed by atoms with E-state index < -0.39 is 0 Å². The largest absolute Gasteiger partial charge is 0.390 e. The molecule has 0 unspecified atom stereocenters. The number of H-pyrrole nitrogens is 2.